The molecule has 1 N–H and O–H groups in total. The van der Waals surface area contributed by atoms with Crippen LogP contribution in [0.4, 0.5) is 0 Å². The summed E-state index contributed by atoms with van der Waals surface area (Å²) >= 11 is 12.3. The van der Waals surface area contributed by atoms with E-state index in [0.717, 1.165) is 5.56 Å². The van der Waals surface area contributed by atoms with Crippen LogP contribution >= 0.6 is 23.2 Å². The zero-order chi connectivity index (χ0) is 18.6. The summed E-state index contributed by atoms with van der Waals surface area (Å²) in [7, 11) is -2.41. The van der Waals surface area contributed by atoms with Crippen LogP contribution in [0, 0.1) is 5.92 Å². The van der Waals surface area contributed by atoms with E-state index in [1.165, 1.54) is 19.2 Å². The molecule has 136 valence electrons. The Hall–Kier alpha value is -1.27. The van der Waals surface area contributed by atoms with Crippen molar-refractivity contribution in [2.24, 2.45) is 5.92 Å². The first kappa shape index (κ1) is 20.0. The van der Waals surface area contributed by atoms with E-state index in [4.69, 9.17) is 27.9 Å². The Morgan fingerprint density at radius 3 is 2.24 bits per heavy atom. The minimum Gasteiger partial charge on any atom is -0.495 e. The average Bonchev–Trinajstić information content (AvgIpc) is 2.56. The number of halogens is 2. The van der Waals surface area contributed by atoms with E-state index in [0.29, 0.717) is 18.1 Å². The highest BCUT2D eigenvalue weighted by atomic mass is 35.5. The van der Waals surface area contributed by atoms with Gasteiger partial charge in [-0.1, -0.05) is 67.4 Å². The standard InChI is InChI=1S/C18H21Cl2NO3S/c1-12(2)11-14(13-7-5-4-6-8-13)21-25(22,23)16-10-9-15(24-3)17(19)18(16)20/h4-10,12,14,21H,11H2,1-3H3/t14-/m1/s1. The van der Waals surface area contributed by atoms with E-state index < -0.39 is 10.0 Å². The minimum absolute atomic E-state index is 0.0510. The summed E-state index contributed by atoms with van der Waals surface area (Å²) < 4.78 is 33.6. The van der Waals surface area contributed by atoms with Crippen LogP contribution in [-0.2, 0) is 10.0 Å². The largest absolute Gasteiger partial charge is 0.495 e. The number of nitrogens with one attached hydrogen (secondary N) is 1. The molecule has 0 fully saturated rings. The molecular formula is C18H21Cl2NO3S. The maximum absolute atomic E-state index is 12.9. The first-order valence-electron chi connectivity index (χ1n) is 7.85. The predicted octanol–water partition coefficient (Wildman–Crippen LogP) is 5.07. The molecule has 2 aromatic rings. The fraction of sp³-hybridized carbons (Fsp3) is 0.333. The van der Waals surface area contributed by atoms with Crippen LogP contribution in [-0.4, -0.2) is 15.5 Å². The summed E-state index contributed by atoms with van der Waals surface area (Å²) in [6.07, 6.45) is 0.657. The highest BCUT2D eigenvalue weighted by Gasteiger charge is 2.26. The van der Waals surface area contributed by atoms with Crippen molar-refractivity contribution in [3.05, 3.63) is 58.1 Å². The summed E-state index contributed by atoms with van der Waals surface area (Å²) in [6.45, 7) is 4.09. The summed E-state index contributed by atoms with van der Waals surface area (Å²) in [5, 5.41) is 0.0250. The van der Waals surface area contributed by atoms with Gasteiger partial charge in [-0.15, -0.1) is 0 Å². The lowest BCUT2D eigenvalue weighted by molar-refractivity contribution is 0.414. The van der Waals surface area contributed by atoms with Gasteiger partial charge in [-0.25, -0.2) is 13.1 Å². The normalized spacial score (nSPS) is 13.0. The lowest BCUT2D eigenvalue weighted by Gasteiger charge is -2.22. The average molecular weight is 402 g/mol. The molecular weight excluding hydrogens is 381 g/mol. The van der Waals surface area contributed by atoms with Crippen molar-refractivity contribution in [2.45, 2.75) is 31.2 Å². The second kappa shape index (κ2) is 8.41. The maximum atomic E-state index is 12.9. The second-order valence-electron chi connectivity index (χ2n) is 6.11. The quantitative estimate of drug-likeness (QED) is 0.704. The number of sulfonamides is 1. The highest BCUT2D eigenvalue weighted by molar-refractivity contribution is 7.89. The molecule has 4 nitrogen and oxygen atoms in total. The van der Waals surface area contributed by atoms with E-state index in [-0.39, 0.29) is 21.0 Å². The molecule has 7 heteroatoms. The lowest BCUT2D eigenvalue weighted by atomic mass is 9.98. The van der Waals surface area contributed by atoms with Crippen LogP contribution in [0.5, 0.6) is 5.75 Å². The van der Waals surface area contributed by atoms with Gasteiger partial charge in [-0.05, 0) is 30.0 Å². The number of rotatable bonds is 7. The summed E-state index contributed by atoms with van der Waals surface area (Å²) in [6, 6.07) is 12.0. The second-order valence-corrected chi connectivity index (χ2v) is 8.55. The number of hydrogen-bond donors (Lipinski definition) is 1. The number of ether oxygens (including phenoxy) is 1. The van der Waals surface area contributed by atoms with Gasteiger partial charge in [0, 0.05) is 6.04 Å². The smallest absolute Gasteiger partial charge is 0.242 e. The Morgan fingerprint density at radius 1 is 1.04 bits per heavy atom. The molecule has 25 heavy (non-hydrogen) atoms. The van der Waals surface area contributed by atoms with Gasteiger partial charge in [-0.2, -0.15) is 0 Å². The van der Waals surface area contributed by atoms with Crippen molar-refractivity contribution in [3.8, 4) is 5.75 Å². The fourth-order valence-corrected chi connectivity index (χ4v) is 4.62. The highest BCUT2D eigenvalue weighted by Crippen LogP contribution is 2.37. The zero-order valence-electron chi connectivity index (χ0n) is 14.3. The van der Waals surface area contributed by atoms with Crippen LogP contribution in [0.2, 0.25) is 10.0 Å². The van der Waals surface area contributed by atoms with Gasteiger partial charge < -0.3 is 4.74 Å². The van der Waals surface area contributed by atoms with E-state index in [1.807, 2.05) is 44.2 Å². The Labute approximate surface area is 159 Å². The monoisotopic (exact) mass is 401 g/mol. The number of methoxy groups -OCH3 is 1. The fourth-order valence-electron chi connectivity index (χ4n) is 2.54. The van der Waals surface area contributed by atoms with Crippen LogP contribution in [0.1, 0.15) is 31.9 Å². The number of benzene rings is 2. The van der Waals surface area contributed by atoms with Crippen LogP contribution in [0.15, 0.2) is 47.4 Å². The molecule has 2 aromatic carbocycles. The molecule has 0 aromatic heterocycles. The first-order chi connectivity index (χ1) is 11.8. The molecule has 0 unspecified atom stereocenters. The summed E-state index contributed by atoms with van der Waals surface area (Å²) in [5.74, 6) is 0.634. The minimum atomic E-state index is -3.85. The third kappa shape index (κ3) is 4.88. The van der Waals surface area contributed by atoms with Gasteiger partial charge in [0.05, 0.1) is 12.1 Å². The Bertz CT molecular complexity index is 824. The van der Waals surface area contributed by atoms with Gasteiger partial charge in [0.1, 0.15) is 15.7 Å². The molecule has 0 aliphatic heterocycles. The van der Waals surface area contributed by atoms with Crippen molar-refractivity contribution in [2.75, 3.05) is 7.11 Å². The molecule has 1 atom stereocenters. The molecule has 0 amide bonds. The molecule has 0 heterocycles. The number of hydrogen-bond acceptors (Lipinski definition) is 3. The molecule has 0 aliphatic carbocycles. The van der Waals surface area contributed by atoms with Crippen molar-refractivity contribution in [1.29, 1.82) is 0 Å². The van der Waals surface area contributed by atoms with Crippen molar-refractivity contribution in [1.82, 2.24) is 4.72 Å². The third-order valence-electron chi connectivity index (χ3n) is 3.73. The zero-order valence-corrected chi connectivity index (χ0v) is 16.6. The van der Waals surface area contributed by atoms with Gasteiger partial charge >= 0.3 is 0 Å². The lowest BCUT2D eigenvalue weighted by Crippen LogP contribution is -2.30. The SMILES string of the molecule is COc1ccc(S(=O)(=O)N[C@H](CC(C)C)c2ccccc2)c(Cl)c1Cl. The first-order valence-corrected chi connectivity index (χ1v) is 10.1. The molecule has 0 radical (unpaired) electrons. The van der Waals surface area contributed by atoms with Gasteiger partial charge in [-0.3, -0.25) is 0 Å². The van der Waals surface area contributed by atoms with Crippen molar-refractivity contribution < 1.29 is 13.2 Å². The molecule has 2 rings (SSSR count). The van der Waals surface area contributed by atoms with Crippen LogP contribution < -0.4 is 9.46 Å². The molecule has 0 aliphatic rings. The van der Waals surface area contributed by atoms with E-state index in [1.54, 1.807) is 0 Å². The molecule has 0 saturated carbocycles. The van der Waals surface area contributed by atoms with E-state index >= 15 is 0 Å². The van der Waals surface area contributed by atoms with E-state index in [9.17, 15) is 8.42 Å². The maximum Gasteiger partial charge on any atom is 0.242 e. The van der Waals surface area contributed by atoms with Gasteiger partial charge in [0.2, 0.25) is 10.0 Å². The van der Waals surface area contributed by atoms with Gasteiger partial charge in [0.15, 0.2) is 0 Å². The van der Waals surface area contributed by atoms with Crippen LogP contribution in [0.3, 0.4) is 0 Å². The third-order valence-corrected chi connectivity index (χ3v) is 6.22. The Balaban J connectivity index is 2.39. The summed E-state index contributed by atoms with van der Waals surface area (Å²) in [4.78, 5) is -0.0651. The molecule has 0 spiro atoms. The van der Waals surface area contributed by atoms with Crippen molar-refractivity contribution in [3.63, 3.8) is 0 Å². The van der Waals surface area contributed by atoms with Gasteiger partial charge in [0.25, 0.3) is 0 Å². The molecule has 0 saturated heterocycles. The Morgan fingerprint density at radius 2 is 1.68 bits per heavy atom. The van der Waals surface area contributed by atoms with E-state index in [2.05, 4.69) is 4.72 Å². The molecule has 0 bridgehead atoms. The predicted molar refractivity (Wildman–Crippen MR) is 102 cm³/mol. The topological polar surface area (TPSA) is 55.4 Å². The van der Waals surface area contributed by atoms with Crippen LogP contribution in [0.25, 0.3) is 0 Å². The Kier molecular flexibility index (Phi) is 6.74. The summed E-state index contributed by atoms with van der Waals surface area (Å²) in [5.41, 5.74) is 0.899. The van der Waals surface area contributed by atoms with Crippen molar-refractivity contribution >= 4 is 33.2 Å².